The summed E-state index contributed by atoms with van der Waals surface area (Å²) in [6.45, 7) is 10.9. The van der Waals surface area contributed by atoms with E-state index < -0.39 is 23.4 Å². The summed E-state index contributed by atoms with van der Waals surface area (Å²) in [6.07, 6.45) is 7.98. The molecular formula is C25H35N5O4. The van der Waals surface area contributed by atoms with Crippen LogP contribution in [0.2, 0.25) is 0 Å². The van der Waals surface area contributed by atoms with E-state index in [0.29, 0.717) is 5.92 Å². The van der Waals surface area contributed by atoms with Crippen molar-refractivity contribution in [1.82, 2.24) is 24.6 Å². The molecule has 2 aromatic heterocycles. The van der Waals surface area contributed by atoms with Crippen molar-refractivity contribution in [1.29, 1.82) is 0 Å². The first kappa shape index (κ1) is 24.2. The molecule has 34 heavy (non-hydrogen) atoms. The first-order valence-electron chi connectivity index (χ1n) is 12.0. The fourth-order valence-electron chi connectivity index (χ4n) is 4.08. The highest BCUT2D eigenvalue weighted by Gasteiger charge is 2.39. The van der Waals surface area contributed by atoms with E-state index >= 15 is 0 Å². The summed E-state index contributed by atoms with van der Waals surface area (Å²) >= 11 is 0. The number of hydrogen-bond donors (Lipinski definition) is 0. The Morgan fingerprint density at radius 3 is 2.18 bits per heavy atom. The average molecular weight is 470 g/mol. The molecule has 184 valence electrons. The molecule has 2 aliphatic rings. The molecule has 2 amide bonds. The highest BCUT2D eigenvalue weighted by Crippen LogP contribution is 2.45. The lowest BCUT2D eigenvalue weighted by Crippen LogP contribution is -2.47. The van der Waals surface area contributed by atoms with Gasteiger partial charge in [-0.05, 0) is 79.2 Å². The largest absolute Gasteiger partial charge is 0.443 e. The van der Waals surface area contributed by atoms with Crippen molar-refractivity contribution in [3.63, 3.8) is 0 Å². The second-order valence-corrected chi connectivity index (χ2v) is 11.3. The van der Waals surface area contributed by atoms with Crippen LogP contribution >= 0.6 is 0 Å². The molecule has 2 aromatic rings. The molecular weight excluding hydrogens is 434 g/mol. The minimum absolute atomic E-state index is 0.154. The molecule has 0 aliphatic heterocycles. The number of ether oxygens (including phenoxy) is 2. The number of imide groups is 1. The van der Waals surface area contributed by atoms with Gasteiger partial charge >= 0.3 is 12.2 Å². The van der Waals surface area contributed by atoms with Crippen LogP contribution in [0.15, 0.2) is 24.8 Å². The topological polar surface area (TPSA) is 99.4 Å². The maximum atomic E-state index is 12.8. The molecule has 0 unspecified atom stereocenters. The Morgan fingerprint density at radius 2 is 1.68 bits per heavy atom. The predicted molar refractivity (Wildman–Crippen MR) is 126 cm³/mol. The Morgan fingerprint density at radius 1 is 1.06 bits per heavy atom. The van der Waals surface area contributed by atoms with Gasteiger partial charge < -0.3 is 9.47 Å². The Bertz CT molecular complexity index is 1000. The summed E-state index contributed by atoms with van der Waals surface area (Å²) in [4.78, 5) is 35.1. The van der Waals surface area contributed by atoms with E-state index in [1.54, 1.807) is 54.1 Å². The quantitative estimate of drug-likeness (QED) is 0.583. The molecule has 0 aromatic carbocycles. The molecule has 0 bridgehead atoms. The Labute approximate surface area is 200 Å². The number of carbonyl (C=O) groups excluding carboxylic acids is 2. The zero-order valence-electron chi connectivity index (χ0n) is 20.9. The minimum Gasteiger partial charge on any atom is -0.443 e. The van der Waals surface area contributed by atoms with Crippen LogP contribution in [-0.2, 0) is 9.47 Å². The average Bonchev–Trinajstić information content (AvgIpc) is 3.44. The maximum absolute atomic E-state index is 12.8. The second-order valence-electron chi connectivity index (χ2n) is 11.3. The van der Waals surface area contributed by atoms with E-state index in [1.807, 2.05) is 10.7 Å². The lowest BCUT2D eigenvalue weighted by Gasteiger charge is -2.38. The third-order valence-electron chi connectivity index (χ3n) is 5.84. The summed E-state index contributed by atoms with van der Waals surface area (Å²) < 4.78 is 13.0. The summed E-state index contributed by atoms with van der Waals surface area (Å²) in [5.74, 6) is 0.651. The summed E-state index contributed by atoms with van der Waals surface area (Å²) in [6, 6.07) is 2.13. The molecule has 2 fully saturated rings. The van der Waals surface area contributed by atoms with Gasteiger partial charge in [0.2, 0.25) is 0 Å². The molecule has 2 saturated carbocycles. The summed E-state index contributed by atoms with van der Waals surface area (Å²) in [5, 5.41) is 4.91. The molecule has 2 aliphatic carbocycles. The van der Waals surface area contributed by atoms with Crippen LogP contribution in [-0.4, -0.2) is 54.6 Å². The number of rotatable bonds is 5. The second kappa shape index (κ2) is 9.00. The summed E-state index contributed by atoms with van der Waals surface area (Å²) in [7, 11) is 0. The van der Waals surface area contributed by atoms with Gasteiger partial charge in [-0.3, -0.25) is 4.68 Å². The van der Waals surface area contributed by atoms with Crippen LogP contribution in [0, 0.1) is 5.92 Å². The number of amides is 2. The molecule has 0 atom stereocenters. The van der Waals surface area contributed by atoms with Crippen LogP contribution in [0.4, 0.5) is 9.59 Å². The normalized spacial score (nSPS) is 20.4. The Hall–Kier alpha value is -2.97. The third-order valence-corrected chi connectivity index (χ3v) is 5.84. The SMILES string of the molecule is CC(C)(C)OC(=O)N(CC1CC(n2cc(-c3ccncn3)c(C3CC3)n2)C1)C(=O)OC(C)(C)C. The van der Waals surface area contributed by atoms with Crippen LogP contribution in [0.3, 0.4) is 0 Å². The van der Waals surface area contributed by atoms with E-state index in [1.165, 1.54) is 0 Å². The van der Waals surface area contributed by atoms with Gasteiger partial charge in [0.25, 0.3) is 0 Å². The fourth-order valence-corrected chi connectivity index (χ4v) is 4.08. The molecule has 9 heteroatoms. The fraction of sp³-hybridized carbons (Fsp3) is 0.640. The zero-order valence-corrected chi connectivity index (χ0v) is 20.9. The number of carbonyl (C=O) groups is 2. The van der Waals surface area contributed by atoms with Crippen molar-refractivity contribution < 1.29 is 19.1 Å². The standard InChI is InChI=1S/C25H35N5O4/c1-24(2,3)33-22(31)29(23(32)34-25(4,5)6)13-16-11-18(12-16)30-14-19(20-9-10-26-15-27-20)21(28-30)17-7-8-17/h9-10,14-18H,7-8,11-13H2,1-6H3. The number of aromatic nitrogens is 4. The number of hydrogen-bond acceptors (Lipinski definition) is 7. The highest BCUT2D eigenvalue weighted by molar-refractivity contribution is 5.88. The van der Waals surface area contributed by atoms with Crippen molar-refractivity contribution in [2.45, 2.75) is 90.4 Å². The zero-order chi connectivity index (χ0) is 24.7. The van der Waals surface area contributed by atoms with Crippen LogP contribution in [0.5, 0.6) is 0 Å². The lowest BCUT2D eigenvalue weighted by molar-refractivity contribution is -0.00641. The summed E-state index contributed by atoms with van der Waals surface area (Å²) in [5.41, 5.74) is 1.65. The van der Waals surface area contributed by atoms with E-state index in [4.69, 9.17) is 14.6 Å². The van der Waals surface area contributed by atoms with Gasteiger partial charge in [0.1, 0.15) is 17.5 Å². The molecule has 0 saturated heterocycles. The Balaban J connectivity index is 1.44. The van der Waals surface area contributed by atoms with Gasteiger partial charge in [0, 0.05) is 30.4 Å². The van der Waals surface area contributed by atoms with Gasteiger partial charge in [-0.1, -0.05) is 0 Å². The van der Waals surface area contributed by atoms with Crippen LogP contribution in [0.1, 0.15) is 84.9 Å². The van der Waals surface area contributed by atoms with Crippen LogP contribution in [0.25, 0.3) is 11.3 Å². The smallest absolute Gasteiger partial charge is 0.419 e. The van der Waals surface area contributed by atoms with Gasteiger partial charge in [-0.15, -0.1) is 0 Å². The van der Waals surface area contributed by atoms with Crippen molar-refractivity contribution in [3.05, 3.63) is 30.5 Å². The van der Waals surface area contributed by atoms with E-state index in [0.717, 1.165) is 47.5 Å². The van der Waals surface area contributed by atoms with E-state index in [-0.39, 0.29) is 18.5 Å². The lowest BCUT2D eigenvalue weighted by atomic mass is 9.80. The Kier molecular flexibility index (Phi) is 6.40. The minimum atomic E-state index is -0.703. The van der Waals surface area contributed by atoms with Crippen molar-refractivity contribution >= 4 is 12.2 Å². The molecule has 9 nitrogen and oxygen atoms in total. The van der Waals surface area contributed by atoms with E-state index in [9.17, 15) is 9.59 Å². The first-order chi connectivity index (χ1) is 15.9. The van der Waals surface area contributed by atoms with Gasteiger partial charge in [-0.2, -0.15) is 5.10 Å². The number of nitrogens with zero attached hydrogens (tertiary/aromatic N) is 5. The molecule has 0 spiro atoms. The predicted octanol–water partition coefficient (Wildman–Crippen LogP) is 5.34. The third kappa shape index (κ3) is 5.93. The molecule has 4 rings (SSSR count). The molecule has 0 radical (unpaired) electrons. The van der Waals surface area contributed by atoms with Crippen molar-refractivity contribution in [3.8, 4) is 11.3 Å². The van der Waals surface area contributed by atoms with Gasteiger partial charge in [-0.25, -0.2) is 24.5 Å². The van der Waals surface area contributed by atoms with Crippen LogP contribution < -0.4 is 0 Å². The van der Waals surface area contributed by atoms with Crippen molar-refractivity contribution in [2.75, 3.05) is 6.54 Å². The highest BCUT2D eigenvalue weighted by atomic mass is 16.6. The van der Waals surface area contributed by atoms with Gasteiger partial charge in [0.05, 0.1) is 17.4 Å². The monoisotopic (exact) mass is 469 g/mol. The molecule has 2 heterocycles. The maximum Gasteiger partial charge on any atom is 0.419 e. The first-order valence-corrected chi connectivity index (χ1v) is 12.0. The molecule has 0 N–H and O–H groups in total. The van der Waals surface area contributed by atoms with Crippen molar-refractivity contribution in [2.24, 2.45) is 5.92 Å². The van der Waals surface area contributed by atoms with E-state index in [2.05, 4.69) is 16.2 Å². The van der Waals surface area contributed by atoms with Gasteiger partial charge in [0.15, 0.2) is 0 Å².